The summed E-state index contributed by atoms with van der Waals surface area (Å²) in [4.78, 5) is 4.59. The van der Waals surface area contributed by atoms with E-state index in [1.807, 2.05) is 30.3 Å². The zero-order chi connectivity index (χ0) is 18.8. The minimum absolute atomic E-state index is 0.428. The van der Waals surface area contributed by atoms with Crippen LogP contribution >= 0.6 is 35.0 Å². The van der Waals surface area contributed by atoms with Crippen molar-refractivity contribution < 1.29 is 4.74 Å². The average Bonchev–Trinajstić information content (AvgIpc) is 2.82. The lowest BCUT2D eigenvalue weighted by molar-refractivity contribution is 0.225. The number of hydrogen-bond donors (Lipinski definition) is 1. The van der Waals surface area contributed by atoms with Gasteiger partial charge in [-0.25, -0.2) is 0 Å². The molecule has 2 heterocycles. The number of halogens is 2. The number of rotatable bonds is 4. The highest BCUT2D eigenvalue weighted by Crippen LogP contribution is 2.40. The number of ether oxygens (including phenoxy) is 1. The van der Waals surface area contributed by atoms with Gasteiger partial charge in [0.2, 0.25) is 11.0 Å². The Hall–Kier alpha value is -2.02. The van der Waals surface area contributed by atoms with Crippen molar-refractivity contribution in [2.24, 2.45) is 0 Å². The van der Waals surface area contributed by atoms with Crippen LogP contribution in [0.4, 0.5) is 5.69 Å². The Labute approximate surface area is 171 Å². The minimum atomic E-state index is -0.530. The number of anilines is 1. The largest absolute Gasteiger partial charge is 0.448 e. The maximum atomic E-state index is 6.41. The van der Waals surface area contributed by atoms with Crippen LogP contribution in [0.15, 0.2) is 47.6 Å². The summed E-state index contributed by atoms with van der Waals surface area (Å²) in [5, 5.41) is 13.7. The molecule has 0 radical (unpaired) electrons. The predicted molar refractivity (Wildman–Crippen MR) is 110 cm³/mol. The van der Waals surface area contributed by atoms with Gasteiger partial charge in [0.05, 0.1) is 5.02 Å². The Morgan fingerprint density at radius 3 is 2.81 bits per heavy atom. The SMILES string of the molecule is CCCSc1nnc2c(n1)OC(c1ccc(Cl)cc1Cl)Nc1ccccc1-2. The van der Waals surface area contributed by atoms with Crippen LogP contribution < -0.4 is 10.1 Å². The molecule has 0 saturated carbocycles. The molecule has 5 nitrogen and oxygen atoms in total. The molecule has 0 fully saturated rings. The van der Waals surface area contributed by atoms with Gasteiger partial charge in [0.1, 0.15) is 0 Å². The summed E-state index contributed by atoms with van der Waals surface area (Å²) in [6.07, 6.45) is 0.497. The fourth-order valence-electron chi connectivity index (χ4n) is 2.76. The average molecular weight is 419 g/mol. The normalized spacial score (nSPS) is 15.1. The summed E-state index contributed by atoms with van der Waals surface area (Å²) >= 11 is 14.0. The Balaban J connectivity index is 1.80. The third kappa shape index (κ3) is 3.83. The highest BCUT2D eigenvalue weighted by atomic mass is 35.5. The van der Waals surface area contributed by atoms with E-state index in [4.69, 9.17) is 27.9 Å². The maximum Gasteiger partial charge on any atom is 0.247 e. The van der Waals surface area contributed by atoms with Gasteiger partial charge in [0.15, 0.2) is 11.9 Å². The quantitative estimate of drug-likeness (QED) is 0.536. The Morgan fingerprint density at radius 1 is 1.15 bits per heavy atom. The molecule has 1 aromatic heterocycles. The molecule has 1 aliphatic heterocycles. The van der Waals surface area contributed by atoms with E-state index in [0.29, 0.717) is 26.8 Å². The van der Waals surface area contributed by atoms with E-state index in [1.165, 1.54) is 0 Å². The fraction of sp³-hybridized carbons (Fsp3) is 0.211. The zero-order valence-corrected chi connectivity index (χ0v) is 16.8. The number of benzene rings is 2. The molecule has 8 heteroatoms. The number of nitrogens with zero attached hydrogens (tertiary/aromatic N) is 3. The standard InChI is InChI=1S/C19H16Cl2N4OS/c1-2-9-27-19-23-18-16(24-25-19)13-5-3-4-6-15(13)22-17(26-18)12-8-7-11(20)10-14(12)21/h3-8,10,17,22H,2,9H2,1H3. The van der Waals surface area contributed by atoms with Crippen molar-refractivity contribution in [1.29, 1.82) is 0 Å². The van der Waals surface area contributed by atoms with Crippen LogP contribution in [0.3, 0.4) is 0 Å². The molecule has 0 spiro atoms. The third-order valence-electron chi connectivity index (χ3n) is 4.01. The monoisotopic (exact) mass is 418 g/mol. The van der Waals surface area contributed by atoms with Crippen molar-refractivity contribution >= 4 is 40.7 Å². The van der Waals surface area contributed by atoms with Crippen molar-refractivity contribution in [3.8, 4) is 17.1 Å². The first-order valence-electron chi connectivity index (χ1n) is 8.50. The smallest absolute Gasteiger partial charge is 0.247 e. The lowest BCUT2D eigenvalue weighted by Gasteiger charge is -2.20. The molecule has 0 amide bonds. The molecule has 27 heavy (non-hydrogen) atoms. The van der Waals surface area contributed by atoms with E-state index in [-0.39, 0.29) is 0 Å². The first-order valence-corrected chi connectivity index (χ1v) is 10.2. The predicted octanol–water partition coefficient (Wildman–Crippen LogP) is 5.85. The second-order valence-corrected chi connectivity index (χ2v) is 7.86. The van der Waals surface area contributed by atoms with Crippen molar-refractivity contribution in [3.63, 3.8) is 0 Å². The van der Waals surface area contributed by atoms with Gasteiger partial charge in [-0.2, -0.15) is 4.98 Å². The lowest BCUT2D eigenvalue weighted by atomic mass is 10.1. The highest BCUT2D eigenvalue weighted by Gasteiger charge is 2.27. The van der Waals surface area contributed by atoms with E-state index >= 15 is 0 Å². The maximum absolute atomic E-state index is 6.41. The van der Waals surface area contributed by atoms with E-state index in [0.717, 1.165) is 29.0 Å². The van der Waals surface area contributed by atoms with Crippen LogP contribution in [0.25, 0.3) is 11.3 Å². The molecule has 1 atom stereocenters. The number of fused-ring (bicyclic) bond motifs is 3. The molecular weight excluding hydrogens is 403 g/mol. The van der Waals surface area contributed by atoms with E-state index in [1.54, 1.807) is 23.9 Å². The Kier molecular flexibility index (Phi) is 5.38. The summed E-state index contributed by atoms with van der Waals surface area (Å²) in [6.45, 7) is 2.11. The topological polar surface area (TPSA) is 59.9 Å². The fourth-order valence-corrected chi connectivity index (χ4v) is 3.90. The Bertz CT molecular complexity index is 986. The minimum Gasteiger partial charge on any atom is -0.448 e. The van der Waals surface area contributed by atoms with Gasteiger partial charge in [-0.05, 0) is 24.6 Å². The van der Waals surface area contributed by atoms with E-state index in [2.05, 4.69) is 27.4 Å². The Morgan fingerprint density at radius 2 is 2.00 bits per heavy atom. The van der Waals surface area contributed by atoms with Crippen molar-refractivity contribution in [2.45, 2.75) is 24.7 Å². The molecule has 1 N–H and O–H groups in total. The van der Waals surface area contributed by atoms with Gasteiger partial charge in [-0.1, -0.05) is 66.2 Å². The van der Waals surface area contributed by atoms with Gasteiger partial charge in [-0.15, -0.1) is 10.2 Å². The van der Waals surface area contributed by atoms with Crippen molar-refractivity contribution in [3.05, 3.63) is 58.1 Å². The van der Waals surface area contributed by atoms with Crippen LogP contribution in [0.5, 0.6) is 5.88 Å². The lowest BCUT2D eigenvalue weighted by Crippen LogP contribution is -2.17. The van der Waals surface area contributed by atoms with Gasteiger partial charge in [0.25, 0.3) is 0 Å². The number of nitrogens with one attached hydrogen (secondary N) is 1. The van der Waals surface area contributed by atoms with Gasteiger partial charge in [0, 0.05) is 27.6 Å². The second-order valence-electron chi connectivity index (χ2n) is 5.95. The third-order valence-corrected chi connectivity index (χ3v) is 5.62. The summed E-state index contributed by atoms with van der Waals surface area (Å²) in [7, 11) is 0. The van der Waals surface area contributed by atoms with Crippen LogP contribution in [0.1, 0.15) is 25.1 Å². The van der Waals surface area contributed by atoms with Crippen LogP contribution in [-0.2, 0) is 0 Å². The molecule has 3 aromatic rings. The number of para-hydroxylation sites is 1. The molecule has 138 valence electrons. The summed E-state index contributed by atoms with van der Waals surface area (Å²) in [6, 6.07) is 13.1. The van der Waals surface area contributed by atoms with Crippen molar-refractivity contribution in [2.75, 3.05) is 11.1 Å². The number of aromatic nitrogens is 3. The first kappa shape index (κ1) is 18.3. The molecule has 0 aliphatic carbocycles. The van der Waals surface area contributed by atoms with Gasteiger partial charge < -0.3 is 10.1 Å². The van der Waals surface area contributed by atoms with E-state index in [9.17, 15) is 0 Å². The summed E-state index contributed by atoms with van der Waals surface area (Å²) in [5.41, 5.74) is 3.13. The van der Waals surface area contributed by atoms with Crippen LogP contribution in [0.2, 0.25) is 10.0 Å². The first-order chi connectivity index (χ1) is 13.2. The summed E-state index contributed by atoms with van der Waals surface area (Å²) < 4.78 is 6.20. The van der Waals surface area contributed by atoms with E-state index < -0.39 is 6.23 Å². The van der Waals surface area contributed by atoms with Crippen molar-refractivity contribution in [1.82, 2.24) is 15.2 Å². The highest BCUT2D eigenvalue weighted by molar-refractivity contribution is 7.99. The second kappa shape index (κ2) is 7.92. The zero-order valence-electron chi connectivity index (χ0n) is 14.4. The number of thioether (sulfide) groups is 1. The molecule has 2 aromatic carbocycles. The number of hydrogen-bond acceptors (Lipinski definition) is 6. The molecule has 1 unspecified atom stereocenters. The van der Waals surface area contributed by atoms with Crippen LogP contribution in [-0.4, -0.2) is 20.9 Å². The van der Waals surface area contributed by atoms with Gasteiger partial charge >= 0.3 is 0 Å². The molecule has 4 rings (SSSR count). The molecule has 0 bridgehead atoms. The summed E-state index contributed by atoms with van der Waals surface area (Å²) in [5.74, 6) is 1.35. The molecule has 0 saturated heterocycles. The molecule has 1 aliphatic rings. The molecular formula is C19H16Cl2N4OS. The van der Waals surface area contributed by atoms with Gasteiger partial charge in [-0.3, -0.25) is 0 Å². The van der Waals surface area contributed by atoms with Crippen LogP contribution in [0, 0.1) is 0 Å².